The minimum Gasteiger partial charge on any atom is -0.454 e. The van der Waals surface area contributed by atoms with Crippen molar-refractivity contribution >= 4 is 44.4 Å². The molecule has 1 aromatic heterocycles. The Labute approximate surface area is 398 Å². The van der Waals surface area contributed by atoms with Gasteiger partial charge in [-0.1, -0.05) is 115 Å². The summed E-state index contributed by atoms with van der Waals surface area (Å²) in [6.07, 6.45) is 9.20. The number of para-hydroxylation sites is 2. The van der Waals surface area contributed by atoms with Crippen LogP contribution in [0.1, 0.15) is 62.6 Å². The zero-order chi connectivity index (χ0) is 45.1. The molecular formula is C64H52N2O2. The second-order valence-electron chi connectivity index (χ2n) is 20.2. The maximum Gasteiger partial charge on any atom is 0.172 e. The molecule has 4 fully saturated rings. The van der Waals surface area contributed by atoms with Crippen molar-refractivity contribution in [3.05, 3.63) is 222 Å². The number of aromatic nitrogens is 1. The molecule has 8 aromatic carbocycles. The number of allylic oxidation sites excluding steroid dienone is 3. The van der Waals surface area contributed by atoms with Gasteiger partial charge < -0.3 is 18.9 Å². The zero-order valence-electron chi connectivity index (χ0n) is 38.5. The first-order chi connectivity index (χ1) is 33.5. The van der Waals surface area contributed by atoms with E-state index in [-0.39, 0.29) is 5.41 Å². The Kier molecular flexibility index (Phi) is 8.87. The first-order valence-electron chi connectivity index (χ1n) is 24.7. The summed E-state index contributed by atoms with van der Waals surface area (Å²) in [5.41, 5.74) is 17.5. The second kappa shape index (κ2) is 15.2. The quantitative estimate of drug-likeness (QED) is 0.160. The van der Waals surface area contributed by atoms with Crippen LogP contribution >= 0.6 is 0 Å². The maximum atomic E-state index is 6.88. The molecule has 0 amide bonds. The van der Waals surface area contributed by atoms with Gasteiger partial charge in [0.05, 0.1) is 16.7 Å². The Balaban J connectivity index is 0.809. The third-order valence-corrected chi connectivity index (χ3v) is 16.6. The fraction of sp³-hybridized carbons (Fsp3) is 0.188. The standard InChI is InChI=1S/C64H52N2O2/c1-40(46-22-30-58-56(38-46)53-14-6-9-17-57(53)64(58)47-34-42-33-43(36-47)37-48(64)35-42)32-62-41(2)67-61-31-29-52(39-63(61)68-62)65(49-23-20-45(21-24-49)44-12-4-3-5-13-44)50-25-27-51(28-26-50)66-59-18-10-7-15-54(59)55-16-8-11-19-60(55)66/h3-32,38-39,42-43,47-48H,33-37H2,1-2H3/b40-32+. The lowest BCUT2D eigenvalue weighted by Crippen LogP contribution is -2.55. The molecule has 6 aliphatic rings. The Morgan fingerprint density at radius 1 is 0.529 bits per heavy atom. The Morgan fingerprint density at radius 2 is 1.12 bits per heavy atom. The smallest absolute Gasteiger partial charge is 0.172 e. The van der Waals surface area contributed by atoms with Crippen LogP contribution in [0.25, 0.3) is 55.3 Å². The molecule has 0 N–H and O–H groups in total. The molecule has 0 unspecified atom stereocenters. The van der Waals surface area contributed by atoms with Gasteiger partial charge in [0.25, 0.3) is 0 Å². The molecule has 2 heterocycles. The van der Waals surface area contributed by atoms with Crippen molar-refractivity contribution < 1.29 is 9.47 Å². The summed E-state index contributed by atoms with van der Waals surface area (Å²) in [7, 11) is 0. The van der Waals surface area contributed by atoms with Crippen molar-refractivity contribution in [2.24, 2.45) is 23.7 Å². The lowest BCUT2D eigenvalue weighted by atomic mass is 9.43. The molecule has 5 aliphatic carbocycles. The van der Waals surface area contributed by atoms with E-state index in [4.69, 9.17) is 9.47 Å². The van der Waals surface area contributed by atoms with Crippen LogP contribution in [0.15, 0.2) is 206 Å². The molecule has 4 bridgehead atoms. The topological polar surface area (TPSA) is 26.6 Å². The number of ether oxygens (including phenoxy) is 2. The predicted octanol–water partition coefficient (Wildman–Crippen LogP) is 16.7. The number of rotatable bonds is 7. The largest absolute Gasteiger partial charge is 0.454 e. The maximum absolute atomic E-state index is 6.88. The van der Waals surface area contributed by atoms with Gasteiger partial charge in [0, 0.05) is 39.3 Å². The van der Waals surface area contributed by atoms with Crippen LogP contribution in [-0.4, -0.2) is 4.57 Å². The summed E-state index contributed by atoms with van der Waals surface area (Å²) < 4.78 is 15.8. The van der Waals surface area contributed by atoms with Gasteiger partial charge in [0.1, 0.15) is 5.76 Å². The van der Waals surface area contributed by atoms with Crippen LogP contribution in [-0.2, 0) is 5.41 Å². The van der Waals surface area contributed by atoms with E-state index in [0.29, 0.717) is 11.5 Å². The molecule has 0 saturated heterocycles. The average molecular weight is 881 g/mol. The first kappa shape index (κ1) is 39.6. The van der Waals surface area contributed by atoms with Crippen molar-refractivity contribution in [2.75, 3.05) is 4.90 Å². The van der Waals surface area contributed by atoms with E-state index in [1.807, 2.05) is 13.0 Å². The highest BCUT2D eigenvalue weighted by atomic mass is 16.6. The van der Waals surface area contributed by atoms with Gasteiger partial charge >= 0.3 is 0 Å². The first-order valence-corrected chi connectivity index (χ1v) is 24.7. The molecule has 0 atom stereocenters. The van der Waals surface area contributed by atoms with Gasteiger partial charge in [-0.15, -0.1) is 0 Å². The highest BCUT2D eigenvalue weighted by Crippen LogP contribution is 2.69. The van der Waals surface area contributed by atoms with E-state index >= 15 is 0 Å². The molecule has 330 valence electrons. The number of benzene rings is 8. The second-order valence-corrected chi connectivity index (χ2v) is 20.2. The summed E-state index contributed by atoms with van der Waals surface area (Å²) in [6, 6.07) is 68.7. The van der Waals surface area contributed by atoms with E-state index in [1.54, 1.807) is 11.1 Å². The lowest BCUT2D eigenvalue weighted by molar-refractivity contribution is -0.0399. The third-order valence-electron chi connectivity index (χ3n) is 16.6. The highest BCUT2D eigenvalue weighted by molar-refractivity contribution is 6.09. The average Bonchev–Trinajstić information content (AvgIpc) is 3.87. The summed E-state index contributed by atoms with van der Waals surface area (Å²) >= 11 is 0. The Bertz CT molecular complexity index is 3460. The Hall–Kier alpha value is -7.56. The molecule has 68 heavy (non-hydrogen) atoms. The molecule has 4 nitrogen and oxygen atoms in total. The van der Waals surface area contributed by atoms with Gasteiger partial charge in [-0.05, 0) is 187 Å². The molecule has 4 heteroatoms. The van der Waals surface area contributed by atoms with Crippen LogP contribution < -0.4 is 14.4 Å². The van der Waals surface area contributed by atoms with Gasteiger partial charge in [-0.25, -0.2) is 0 Å². The van der Waals surface area contributed by atoms with E-state index in [0.717, 1.165) is 63.5 Å². The van der Waals surface area contributed by atoms with Gasteiger partial charge in [-0.2, -0.15) is 0 Å². The van der Waals surface area contributed by atoms with E-state index in [2.05, 4.69) is 204 Å². The SMILES string of the molecule is CC1=C(/C=C(\C)c2ccc3c(c2)-c2ccccc2C32C3CC4CC(C3)CC2C4)Oc2cc(N(c3ccc(-c4ccccc4)cc3)c3ccc(-n4c5ccccc5c5ccccc54)cc3)ccc2O1. The number of hydrogen-bond donors (Lipinski definition) is 0. The van der Waals surface area contributed by atoms with E-state index in [1.165, 1.54) is 81.7 Å². The van der Waals surface area contributed by atoms with E-state index in [9.17, 15) is 0 Å². The third kappa shape index (κ3) is 5.99. The van der Waals surface area contributed by atoms with Crippen molar-refractivity contribution in [3.63, 3.8) is 0 Å². The normalized spacial score (nSPS) is 22.0. The van der Waals surface area contributed by atoms with Crippen LogP contribution in [0, 0.1) is 23.7 Å². The number of nitrogens with zero attached hydrogens (tertiary/aromatic N) is 2. The van der Waals surface area contributed by atoms with Crippen LogP contribution in [0.4, 0.5) is 17.1 Å². The number of anilines is 3. The van der Waals surface area contributed by atoms with Crippen LogP contribution in [0.5, 0.6) is 11.5 Å². The molecular weight excluding hydrogens is 829 g/mol. The number of hydrogen-bond acceptors (Lipinski definition) is 3. The molecule has 9 aromatic rings. The van der Waals surface area contributed by atoms with Crippen molar-refractivity contribution in [1.82, 2.24) is 4.57 Å². The van der Waals surface area contributed by atoms with Crippen molar-refractivity contribution in [2.45, 2.75) is 51.4 Å². The zero-order valence-corrected chi connectivity index (χ0v) is 38.5. The number of fused-ring (bicyclic) bond motifs is 7. The highest BCUT2D eigenvalue weighted by Gasteiger charge is 2.61. The predicted molar refractivity (Wildman–Crippen MR) is 278 cm³/mol. The monoisotopic (exact) mass is 880 g/mol. The molecule has 1 spiro atoms. The minimum absolute atomic E-state index is 0.169. The molecule has 15 rings (SSSR count). The summed E-state index contributed by atoms with van der Waals surface area (Å²) in [6.45, 7) is 4.21. The van der Waals surface area contributed by atoms with Gasteiger partial charge in [-0.3, -0.25) is 0 Å². The van der Waals surface area contributed by atoms with Crippen LogP contribution in [0.2, 0.25) is 0 Å². The van der Waals surface area contributed by atoms with Crippen molar-refractivity contribution in [1.29, 1.82) is 0 Å². The lowest BCUT2D eigenvalue weighted by Gasteiger charge is -2.61. The molecule has 1 aliphatic heterocycles. The van der Waals surface area contributed by atoms with Crippen LogP contribution in [0.3, 0.4) is 0 Å². The summed E-state index contributed by atoms with van der Waals surface area (Å²) in [4.78, 5) is 2.30. The van der Waals surface area contributed by atoms with Crippen molar-refractivity contribution in [3.8, 4) is 39.4 Å². The summed E-state index contributed by atoms with van der Waals surface area (Å²) in [5.74, 6) is 6.23. The fourth-order valence-corrected chi connectivity index (χ4v) is 13.9. The van der Waals surface area contributed by atoms with Gasteiger partial charge in [0.15, 0.2) is 17.3 Å². The Morgan fingerprint density at radius 3 is 1.82 bits per heavy atom. The summed E-state index contributed by atoms with van der Waals surface area (Å²) in [5, 5.41) is 2.50. The van der Waals surface area contributed by atoms with Gasteiger partial charge in [0.2, 0.25) is 0 Å². The minimum atomic E-state index is 0.169. The molecule has 0 radical (unpaired) electrons. The fourth-order valence-electron chi connectivity index (χ4n) is 13.9. The molecule has 4 saturated carbocycles. The van der Waals surface area contributed by atoms with E-state index < -0.39 is 0 Å².